The highest BCUT2D eigenvalue weighted by molar-refractivity contribution is 8.00. The molecule has 1 aliphatic rings. The molecule has 0 unspecified atom stereocenters. The van der Waals surface area contributed by atoms with E-state index in [1.807, 2.05) is 0 Å². The second-order valence-corrected chi connectivity index (χ2v) is 8.47. The van der Waals surface area contributed by atoms with E-state index in [4.69, 9.17) is 9.47 Å². The molecule has 2 atom stereocenters. The molecule has 0 N–H and O–H groups in total. The molecule has 1 aliphatic heterocycles. The summed E-state index contributed by atoms with van der Waals surface area (Å²) in [7, 11) is 4.68. The second kappa shape index (κ2) is 8.96. The Morgan fingerprint density at radius 1 is 1.41 bits per heavy atom. The summed E-state index contributed by atoms with van der Waals surface area (Å²) in [5.74, 6) is -0.570. The van der Waals surface area contributed by atoms with Gasteiger partial charge >= 0.3 is 5.97 Å². The van der Waals surface area contributed by atoms with Gasteiger partial charge in [-0.3, -0.25) is 14.2 Å². The first-order valence-corrected chi connectivity index (χ1v) is 10.3. The van der Waals surface area contributed by atoms with Crippen molar-refractivity contribution in [3.05, 3.63) is 34.1 Å². The van der Waals surface area contributed by atoms with Crippen LogP contribution in [0.5, 0.6) is 0 Å². The fourth-order valence-corrected chi connectivity index (χ4v) is 4.32. The van der Waals surface area contributed by atoms with Gasteiger partial charge in [0.25, 0.3) is 5.56 Å². The zero-order valence-electron chi connectivity index (χ0n) is 17.0. The van der Waals surface area contributed by atoms with Gasteiger partial charge in [-0.25, -0.2) is 9.78 Å². The van der Waals surface area contributed by atoms with E-state index >= 15 is 0 Å². The van der Waals surface area contributed by atoms with Gasteiger partial charge in [-0.15, -0.1) is 0 Å². The van der Waals surface area contributed by atoms with Gasteiger partial charge in [0.15, 0.2) is 5.16 Å². The number of benzene rings is 1. The number of hydrogen-bond acceptors (Lipinski definition) is 7. The highest BCUT2D eigenvalue weighted by atomic mass is 32.2. The van der Waals surface area contributed by atoms with Crippen LogP contribution in [0.25, 0.3) is 10.9 Å². The Morgan fingerprint density at radius 2 is 2.17 bits per heavy atom. The number of methoxy groups -OCH3 is 1. The van der Waals surface area contributed by atoms with Gasteiger partial charge in [-0.1, -0.05) is 11.8 Å². The zero-order chi connectivity index (χ0) is 21.1. The molecule has 29 heavy (non-hydrogen) atoms. The Kier molecular flexibility index (Phi) is 6.59. The Hall–Kier alpha value is -2.39. The first-order valence-electron chi connectivity index (χ1n) is 9.44. The number of thioether (sulfide) groups is 1. The minimum Gasteiger partial charge on any atom is -0.465 e. The van der Waals surface area contributed by atoms with Crippen LogP contribution in [0.1, 0.15) is 30.1 Å². The van der Waals surface area contributed by atoms with Gasteiger partial charge in [0.05, 0.1) is 41.5 Å². The minimum atomic E-state index is -0.498. The molecule has 8 nitrogen and oxygen atoms in total. The predicted octanol–water partition coefficient (Wildman–Crippen LogP) is 1.93. The maximum atomic E-state index is 13.2. The number of carbonyl (C=O) groups excluding carboxylic acids is 2. The molecule has 1 fully saturated rings. The number of rotatable bonds is 6. The number of esters is 1. The topological polar surface area (TPSA) is 90.7 Å². The molecule has 156 valence electrons. The van der Waals surface area contributed by atoms with Crippen molar-refractivity contribution in [2.45, 2.75) is 42.8 Å². The number of aromatic nitrogens is 2. The molecule has 0 bridgehead atoms. The minimum absolute atomic E-state index is 0.0551. The highest BCUT2D eigenvalue weighted by Crippen LogP contribution is 2.25. The van der Waals surface area contributed by atoms with Gasteiger partial charge in [0, 0.05) is 20.7 Å². The maximum absolute atomic E-state index is 13.2. The lowest BCUT2D eigenvalue weighted by atomic mass is 10.1. The molecule has 2 heterocycles. The van der Waals surface area contributed by atoms with E-state index in [1.54, 1.807) is 43.8 Å². The van der Waals surface area contributed by atoms with Crippen LogP contribution in [0, 0.1) is 0 Å². The average Bonchev–Trinajstić information content (AvgIpc) is 3.22. The standard InChI is InChI=1S/C20H25N3O5S/c1-12(17(24)22(2)3)29-20-21-16-10-13(19(26)27-4)7-8-15(16)18(25)23(20)11-14-6-5-9-28-14/h7-8,10,12,14H,5-6,9,11H2,1-4H3/t12-,14-/m0/s1. The molecular formula is C20H25N3O5S. The van der Waals surface area contributed by atoms with Crippen LogP contribution < -0.4 is 5.56 Å². The lowest BCUT2D eigenvalue weighted by Gasteiger charge is -2.20. The summed E-state index contributed by atoms with van der Waals surface area (Å²) in [5.41, 5.74) is 0.500. The second-order valence-electron chi connectivity index (χ2n) is 7.16. The Bertz CT molecular complexity index is 982. The van der Waals surface area contributed by atoms with Crippen molar-refractivity contribution < 1.29 is 19.1 Å². The van der Waals surface area contributed by atoms with Crippen LogP contribution in [0.4, 0.5) is 0 Å². The zero-order valence-corrected chi connectivity index (χ0v) is 17.8. The molecule has 1 saturated heterocycles. The van der Waals surface area contributed by atoms with Gasteiger partial charge < -0.3 is 14.4 Å². The van der Waals surface area contributed by atoms with Crippen molar-refractivity contribution >= 4 is 34.5 Å². The number of carbonyl (C=O) groups is 2. The van der Waals surface area contributed by atoms with E-state index in [-0.39, 0.29) is 17.6 Å². The van der Waals surface area contributed by atoms with Crippen LogP contribution >= 0.6 is 11.8 Å². The SMILES string of the molecule is COC(=O)c1ccc2c(=O)n(C[C@@H]3CCCO3)c(S[C@@H](C)C(=O)N(C)C)nc2c1. The number of fused-ring (bicyclic) bond motifs is 1. The van der Waals surface area contributed by atoms with E-state index < -0.39 is 11.2 Å². The lowest BCUT2D eigenvalue weighted by molar-refractivity contribution is -0.127. The normalized spacial score (nSPS) is 17.3. The third-order valence-electron chi connectivity index (χ3n) is 4.82. The molecular weight excluding hydrogens is 394 g/mol. The smallest absolute Gasteiger partial charge is 0.337 e. The van der Waals surface area contributed by atoms with E-state index in [9.17, 15) is 14.4 Å². The van der Waals surface area contributed by atoms with E-state index in [0.717, 1.165) is 12.8 Å². The average molecular weight is 420 g/mol. The highest BCUT2D eigenvalue weighted by Gasteiger charge is 2.24. The summed E-state index contributed by atoms with van der Waals surface area (Å²) in [6.07, 6.45) is 1.78. The summed E-state index contributed by atoms with van der Waals surface area (Å²) < 4.78 is 12.0. The molecule has 0 saturated carbocycles. The van der Waals surface area contributed by atoms with Crippen molar-refractivity contribution in [3.8, 4) is 0 Å². The van der Waals surface area contributed by atoms with Crippen LogP contribution in [-0.2, 0) is 20.8 Å². The fourth-order valence-electron chi connectivity index (χ4n) is 3.26. The first kappa shape index (κ1) is 21.3. The molecule has 0 spiro atoms. The van der Waals surface area contributed by atoms with E-state index in [0.29, 0.717) is 34.8 Å². The fraction of sp³-hybridized carbons (Fsp3) is 0.500. The summed E-state index contributed by atoms with van der Waals surface area (Å²) in [6, 6.07) is 4.69. The third kappa shape index (κ3) is 4.62. The molecule has 9 heteroatoms. The summed E-state index contributed by atoms with van der Waals surface area (Å²) in [6.45, 7) is 2.84. The Balaban J connectivity index is 2.08. The van der Waals surface area contributed by atoms with Crippen molar-refractivity contribution in [2.75, 3.05) is 27.8 Å². The third-order valence-corrected chi connectivity index (χ3v) is 5.90. The van der Waals surface area contributed by atoms with Gasteiger partial charge in [0.2, 0.25) is 5.91 Å². The van der Waals surface area contributed by atoms with Crippen LogP contribution in [0.15, 0.2) is 28.2 Å². The monoisotopic (exact) mass is 419 g/mol. The van der Waals surface area contributed by atoms with Crippen molar-refractivity contribution in [1.82, 2.24) is 14.5 Å². The number of amides is 1. The summed E-state index contributed by atoms with van der Waals surface area (Å²) >= 11 is 1.23. The molecule has 1 aromatic heterocycles. The van der Waals surface area contributed by atoms with Crippen LogP contribution in [-0.4, -0.2) is 65.5 Å². The molecule has 2 aromatic rings. The van der Waals surface area contributed by atoms with Gasteiger partial charge in [-0.05, 0) is 38.0 Å². The molecule has 1 aromatic carbocycles. The molecule has 0 aliphatic carbocycles. The van der Waals surface area contributed by atoms with Gasteiger partial charge in [-0.2, -0.15) is 0 Å². The lowest BCUT2D eigenvalue weighted by Crippen LogP contribution is -2.32. The Labute approximate surface area is 173 Å². The molecule has 0 radical (unpaired) electrons. The molecule has 3 rings (SSSR count). The van der Waals surface area contributed by atoms with E-state index in [2.05, 4.69) is 4.98 Å². The summed E-state index contributed by atoms with van der Waals surface area (Å²) in [5, 5.41) is 0.420. The van der Waals surface area contributed by atoms with Crippen LogP contribution in [0.2, 0.25) is 0 Å². The van der Waals surface area contributed by atoms with Crippen molar-refractivity contribution in [3.63, 3.8) is 0 Å². The summed E-state index contributed by atoms with van der Waals surface area (Å²) in [4.78, 5) is 43.6. The van der Waals surface area contributed by atoms with Crippen LogP contribution in [0.3, 0.4) is 0 Å². The number of hydrogen-bond donors (Lipinski definition) is 0. The predicted molar refractivity (Wildman–Crippen MR) is 110 cm³/mol. The first-order chi connectivity index (χ1) is 13.8. The Morgan fingerprint density at radius 3 is 2.79 bits per heavy atom. The largest absolute Gasteiger partial charge is 0.465 e. The van der Waals surface area contributed by atoms with Crippen molar-refractivity contribution in [1.29, 1.82) is 0 Å². The number of ether oxygens (including phenoxy) is 2. The molecule has 1 amide bonds. The van der Waals surface area contributed by atoms with E-state index in [1.165, 1.54) is 23.8 Å². The quantitative estimate of drug-likeness (QED) is 0.401. The number of nitrogens with zero attached hydrogens (tertiary/aromatic N) is 3. The maximum Gasteiger partial charge on any atom is 0.337 e. The van der Waals surface area contributed by atoms with Crippen molar-refractivity contribution in [2.24, 2.45) is 0 Å². The van der Waals surface area contributed by atoms with Gasteiger partial charge in [0.1, 0.15) is 0 Å².